The first-order valence-electron chi connectivity index (χ1n) is 4.37. The average Bonchev–Trinajstić information content (AvgIpc) is 2.12. The fourth-order valence-electron chi connectivity index (χ4n) is 0.682. The third kappa shape index (κ3) is 4.46. The van der Waals surface area contributed by atoms with Gasteiger partial charge in [0.15, 0.2) is 0 Å². The number of nitrogens with two attached hydrogens (primary N) is 1. The van der Waals surface area contributed by atoms with E-state index >= 15 is 0 Å². The molecule has 0 radical (unpaired) electrons. The Morgan fingerprint density at radius 1 is 1.40 bits per heavy atom. The molecule has 1 amide bonds. The quantitative estimate of drug-likeness (QED) is 0.692. The Balaban J connectivity index is 4.12. The molecule has 0 fully saturated rings. The first-order valence-corrected chi connectivity index (χ1v) is 4.37. The zero-order chi connectivity index (χ0) is 12.2. The Bertz CT molecular complexity index is 221. The van der Waals surface area contributed by atoms with Gasteiger partial charge in [0.1, 0.15) is 0 Å². The number of carbonyl (C=O) groups excluding carboxylic acids is 1. The molecule has 0 aliphatic rings. The minimum absolute atomic E-state index is 0.523. The van der Waals surface area contributed by atoms with Crippen LogP contribution in [-0.4, -0.2) is 30.8 Å². The zero-order valence-corrected chi connectivity index (χ0v) is 8.44. The molecule has 0 aromatic rings. The number of hydrogen-bond acceptors (Lipinski definition) is 2. The number of hydrogen-bond donors (Lipinski definition) is 2. The molecular weight excluding hydrogens is 216 g/mol. The summed E-state index contributed by atoms with van der Waals surface area (Å²) in [6.45, 7) is 1.58. The molecule has 2 unspecified atom stereocenters. The number of rotatable bonds is 5. The highest BCUT2D eigenvalue weighted by Crippen LogP contribution is 2.21. The van der Waals surface area contributed by atoms with Gasteiger partial charge in [-0.1, -0.05) is 6.92 Å². The van der Waals surface area contributed by atoms with Gasteiger partial charge in [-0.2, -0.15) is 8.78 Å². The van der Waals surface area contributed by atoms with Crippen molar-refractivity contribution in [3.63, 3.8) is 0 Å². The number of halogens is 4. The van der Waals surface area contributed by atoms with Gasteiger partial charge < -0.3 is 11.1 Å². The molecule has 3 N–H and O–H groups in total. The molecule has 0 aromatic carbocycles. The Hall–Kier alpha value is -0.850. The van der Waals surface area contributed by atoms with Crippen LogP contribution in [-0.2, 0) is 4.79 Å². The summed E-state index contributed by atoms with van der Waals surface area (Å²) < 4.78 is 48.1. The van der Waals surface area contributed by atoms with Crippen LogP contribution in [0.4, 0.5) is 17.6 Å². The van der Waals surface area contributed by atoms with E-state index in [1.165, 1.54) is 13.8 Å². The van der Waals surface area contributed by atoms with Gasteiger partial charge in [0.25, 0.3) is 0 Å². The smallest absolute Gasteiger partial charge is 0.324 e. The van der Waals surface area contributed by atoms with Gasteiger partial charge in [0, 0.05) is 12.0 Å². The third-order valence-electron chi connectivity index (χ3n) is 2.02. The predicted octanol–water partition coefficient (Wildman–Crippen LogP) is 0.986. The first kappa shape index (κ1) is 14.2. The SMILES string of the molecule is CC(N)C(C)C(=O)NCC(F)(F)C(F)F. The van der Waals surface area contributed by atoms with Crippen LogP contribution in [0.15, 0.2) is 0 Å². The van der Waals surface area contributed by atoms with Gasteiger partial charge in [-0.3, -0.25) is 4.79 Å². The number of alkyl halides is 4. The molecule has 0 saturated carbocycles. The van der Waals surface area contributed by atoms with E-state index in [0.717, 1.165) is 0 Å². The minimum atomic E-state index is -4.20. The van der Waals surface area contributed by atoms with E-state index in [4.69, 9.17) is 5.73 Å². The van der Waals surface area contributed by atoms with Crippen molar-refractivity contribution in [1.82, 2.24) is 5.32 Å². The van der Waals surface area contributed by atoms with Crippen LogP contribution in [0.1, 0.15) is 13.8 Å². The van der Waals surface area contributed by atoms with Crippen molar-refractivity contribution in [2.75, 3.05) is 6.54 Å². The lowest BCUT2D eigenvalue weighted by Crippen LogP contribution is -2.45. The molecule has 0 bridgehead atoms. The standard InChI is InChI=1S/C8H14F4N2O/c1-4(5(2)13)6(15)14-3-8(11,12)7(9)10/h4-5,7H,3,13H2,1-2H3,(H,14,15). The van der Waals surface area contributed by atoms with E-state index in [1.54, 1.807) is 5.32 Å². The maximum atomic E-state index is 12.4. The first-order chi connectivity index (χ1) is 6.68. The Kier molecular flexibility index (Phi) is 4.99. The van der Waals surface area contributed by atoms with Crippen molar-refractivity contribution in [2.45, 2.75) is 32.2 Å². The van der Waals surface area contributed by atoms with Gasteiger partial charge in [0.2, 0.25) is 5.91 Å². The molecule has 7 heteroatoms. The molecule has 2 atom stereocenters. The molecular formula is C8H14F4N2O. The van der Waals surface area contributed by atoms with Crippen molar-refractivity contribution >= 4 is 5.91 Å². The van der Waals surface area contributed by atoms with Crippen LogP contribution in [0.3, 0.4) is 0 Å². The largest absolute Gasteiger partial charge is 0.350 e. The lowest BCUT2D eigenvalue weighted by atomic mass is 10.0. The Morgan fingerprint density at radius 3 is 2.20 bits per heavy atom. The second-order valence-corrected chi connectivity index (χ2v) is 3.43. The van der Waals surface area contributed by atoms with E-state index in [1.807, 2.05) is 0 Å². The molecule has 0 rings (SSSR count). The fraction of sp³-hybridized carbons (Fsp3) is 0.875. The van der Waals surface area contributed by atoms with E-state index in [2.05, 4.69) is 0 Å². The van der Waals surface area contributed by atoms with E-state index in [9.17, 15) is 22.4 Å². The summed E-state index contributed by atoms with van der Waals surface area (Å²) in [7, 11) is 0. The van der Waals surface area contributed by atoms with Gasteiger partial charge in [-0.25, -0.2) is 8.78 Å². The van der Waals surface area contributed by atoms with Crippen LogP contribution in [0.5, 0.6) is 0 Å². The lowest BCUT2D eigenvalue weighted by molar-refractivity contribution is -0.138. The van der Waals surface area contributed by atoms with E-state index < -0.39 is 36.8 Å². The lowest BCUT2D eigenvalue weighted by Gasteiger charge is -2.19. The van der Waals surface area contributed by atoms with Gasteiger partial charge in [0.05, 0.1) is 6.54 Å². The Labute approximate surface area is 85.0 Å². The van der Waals surface area contributed by atoms with Crippen molar-refractivity contribution in [2.24, 2.45) is 11.7 Å². The van der Waals surface area contributed by atoms with Gasteiger partial charge >= 0.3 is 12.3 Å². The predicted molar refractivity (Wildman–Crippen MR) is 46.8 cm³/mol. The van der Waals surface area contributed by atoms with E-state index in [-0.39, 0.29) is 0 Å². The highest BCUT2D eigenvalue weighted by atomic mass is 19.3. The van der Waals surface area contributed by atoms with Crippen LogP contribution >= 0.6 is 0 Å². The molecule has 0 aliphatic carbocycles. The second-order valence-electron chi connectivity index (χ2n) is 3.43. The summed E-state index contributed by atoms with van der Waals surface area (Å²) in [4.78, 5) is 11.1. The molecule has 0 aromatic heterocycles. The second kappa shape index (κ2) is 5.29. The van der Waals surface area contributed by atoms with Crippen LogP contribution in [0.2, 0.25) is 0 Å². The highest BCUT2D eigenvalue weighted by Gasteiger charge is 2.41. The van der Waals surface area contributed by atoms with E-state index in [0.29, 0.717) is 0 Å². The average molecular weight is 230 g/mol. The number of nitrogens with one attached hydrogen (secondary N) is 1. The summed E-state index contributed by atoms with van der Waals surface area (Å²) in [5.41, 5.74) is 5.34. The topological polar surface area (TPSA) is 55.1 Å². The third-order valence-corrected chi connectivity index (χ3v) is 2.02. The number of amides is 1. The van der Waals surface area contributed by atoms with Crippen molar-refractivity contribution in [3.8, 4) is 0 Å². The molecule has 15 heavy (non-hydrogen) atoms. The normalized spacial score (nSPS) is 16.3. The van der Waals surface area contributed by atoms with Gasteiger partial charge in [-0.15, -0.1) is 0 Å². The molecule has 0 aliphatic heterocycles. The van der Waals surface area contributed by atoms with Crippen molar-refractivity contribution < 1.29 is 22.4 Å². The molecule has 90 valence electrons. The van der Waals surface area contributed by atoms with Crippen LogP contribution < -0.4 is 11.1 Å². The number of carbonyl (C=O) groups is 1. The maximum absolute atomic E-state index is 12.4. The van der Waals surface area contributed by atoms with Crippen LogP contribution in [0.25, 0.3) is 0 Å². The summed E-state index contributed by atoms with van der Waals surface area (Å²) in [6.07, 6.45) is -3.79. The summed E-state index contributed by atoms with van der Waals surface area (Å²) in [5, 5.41) is 1.74. The molecule has 0 heterocycles. The monoisotopic (exact) mass is 230 g/mol. The van der Waals surface area contributed by atoms with Crippen LogP contribution in [0, 0.1) is 5.92 Å². The summed E-state index contributed by atoms with van der Waals surface area (Å²) in [5.74, 6) is -5.66. The molecule has 0 saturated heterocycles. The highest BCUT2D eigenvalue weighted by molar-refractivity contribution is 5.78. The summed E-state index contributed by atoms with van der Waals surface area (Å²) >= 11 is 0. The maximum Gasteiger partial charge on any atom is 0.324 e. The van der Waals surface area contributed by atoms with Gasteiger partial charge in [-0.05, 0) is 6.92 Å². The summed E-state index contributed by atoms with van der Waals surface area (Å²) in [6, 6.07) is -0.523. The fourth-order valence-corrected chi connectivity index (χ4v) is 0.682. The Morgan fingerprint density at radius 2 is 1.87 bits per heavy atom. The molecule has 0 spiro atoms. The minimum Gasteiger partial charge on any atom is -0.350 e. The van der Waals surface area contributed by atoms with Crippen molar-refractivity contribution in [3.05, 3.63) is 0 Å². The van der Waals surface area contributed by atoms with Crippen molar-refractivity contribution in [1.29, 1.82) is 0 Å². The molecule has 3 nitrogen and oxygen atoms in total. The zero-order valence-electron chi connectivity index (χ0n) is 8.44.